The normalized spacial score (nSPS) is 17.9. The molecule has 1 heterocycles. The molecule has 1 aromatic carbocycles. The van der Waals surface area contributed by atoms with Gasteiger partial charge in [0.15, 0.2) is 0 Å². The van der Waals surface area contributed by atoms with E-state index < -0.39 is 6.04 Å². The van der Waals surface area contributed by atoms with Crippen molar-refractivity contribution in [3.63, 3.8) is 0 Å². The molecule has 0 radical (unpaired) electrons. The number of rotatable bonds is 3. The zero-order chi connectivity index (χ0) is 14.7. The SMILES string of the molecule is Cc1ccc(OC2CCN(C(=O)[C@H](C)N)CC2)cc1C. The lowest BCUT2D eigenvalue weighted by Gasteiger charge is -2.33. The fourth-order valence-corrected chi connectivity index (χ4v) is 2.46. The Balaban J connectivity index is 1.88. The second-order valence-corrected chi connectivity index (χ2v) is 5.68. The Bertz CT molecular complexity index is 477. The van der Waals surface area contributed by atoms with E-state index in [1.165, 1.54) is 11.1 Å². The predicted octanol–water partition coefficient (Wildman–Crippen LogP) is 2.02. The van der Waals surface area contributed by atoms with Gasteiger partial charge in [0.05, 0.1) is 6.04 Å². The van der Waals surface area contributed by atoms with E-state index in [0.717, 1.165) is 31.7 Å². The van der Waals surface area contributed by atoms with E-state index in [4.69, 9.17) is 10.5 Å². The van der Waals surface area contributed by atoms with E-state index in [0.29, 0.717) is 0 Å². The smallest absolute Gasteiger partial charge is 0.239 e. The van der Waals surface area contributed by atoms with Gasteiger partial charge in [0.2, 0.25) is 5.91 Å². The molecule has 0 bridgehead atoms. The molecule has 1 amide bonds. The lowest BCUT2D eigenvalue weighted by Crippen LogP contribution is -2.47. The van der Waals surface area contributed by atoms with E-state index in [2.05, 4.69) is 26.0 Å². The topological polar surface area (TPSA) is 55.6 Å². The molecule has 1 aliphatic rings. The summed E-state index contributed by atoms with van der Waals surface area (Å²) >= 11 is 0. The second-order valence-electron chi connectivity index (χ2n) is 5.68. The van der Waals surface area contributed by atoms with Crippen LogP contribution in [-0.2, 0) is 4.79 Å². The van der Waals surface area contributed by atoms with Crippen LogP contribution in [0.25, 0.3) is 0 Å². The third-order valence-corrected chi connectivity index (χ3v) is 3.92. The highest BCUT2D eigenvalue weighted by Crippen LogP contribution is 2.21. The molecule has 110 valence electrons. The quantitative estimate of drug-likeness (QED) is 0.919. The fourth-order valence-electron chi connectivity index (χ4n) is 2.46. The number of nitrogens with zero attached hydrogens (tertiary/aromatic N) is 1. The average molecular weight is 276 g/mol. The van der Waals surface area contributed by atoms with E-state index >= 15 is 0 Å². The number of amides is 1. The molecular weight excluding hydrogens is 252 g/mol. The van der Waals surface area contributed by atoms with Gasteiger partial charge < -0.3 is 15.4 Å². The first-order valence-electron chi connectivity index (χ1n) is 7.25. The Morgan fingerprint density at radius 2 is 1.95 bits per heavy atom. The molecule has 1 aliphatic heterocycles. The number of carbonyl (C=O) groups excluding carboxylic acids is 1. The lowest BCUT2D eigenvalue weighted by molar-refractivity contribution is -0.133. The number of hydrogen-bond acceptors (Lipinski definition) is 3. The Morgan fingerprint density at radius 3 is 2.50 bits per heavy atom. The summed E-state index contributed by atoms with van der Waals surface area (Å²) in [6.07, 6.45) is 1.92. The summed E-state index contributed by atoms with van der Waals surface area (Å²) in [6, 6.07) is 5.77. The first-order valence-corrected chi connectivity index (χ1v) is 7.25. The standard InChI is InChI=1S/C16H24N2O2/c1-11-4-5-15(10-12(11)2)20-14-6-8-18(9-7-14)16(19)13(3)17/h4-5,10,13-14H,6-9,17H2,1-3H3/t13-/m0/s1. The number of likely N-dealkylation sites (tertiary alicyclic amines) is 1. The molecule has 0 aliphatic carbocycles. The van der Waals surface area contributed by atoms with Gasteiger partial charge in [-0.05, 0) is 44.0 Å². The minimum absolute atomic E-state index is 0.0367. The molecule has 2 rings (SSSR count). The molecular formula is C16H24N2O2. The molecule has 4 heteroatoms. The van der Waals surface area contributed by atoms with E-state index in [1.807, 2.05) is 11.0 Å². The maximum atomic E-state index is 11.8. The zero-order valence-corrected chi connectivity index (χ0v) is 12.6. The Labute approximate surface area is 120 Å². The highest BCUT2D eigenvalue weighted by Gasteiger charge is 2.25. The molecule has 1 atom stereocenters. The number of aryl methyl sites for hydroxylation is 2. The summed E-state index contributed by atoms with van der Waals surface area (Å²) in [7, 11) is 0. The van der Waals surface area contributed by atoms with E-state index in [9.17, 15) is 4.79 Å². The van der Waals surface area contributed by atoms with Gasteiger partial charge in [-0.15, -0.1) is 0 Å². The van der Waals surface area contributed by atoms with Crippen LogP contribution in [0.1, 0.15) is 30.9 Å². The molecule has 20 heavy (non-hydrogen) atoms. The molecule has 0 spiro atoms. The highest BCUT2D eigenvalue weighted by atomic mass is 16.5. The molecule has 0 aromatic heterocycles. The van der Waals surface area contributed by atoms with Crippen molar-refractivity contribution in [3.8, 4) is 5.75 Å². The number of hydrogen-bond donors (Lipinski definition) is 1. The van der Waals surface area contributed by atoms with Gasteiger partial charge >= 0.3 is 0 Å². The van der Waals surface area contributed by atoms with Crippen molar-refractivity contribution in [2.75, 3.05) is 13.1 Å². The summed E-state index contributed by atoms with van der Waals surface area (Å²) in [5.41, 5.74) is 8.15. The molecule has 2 N–H and O–H groups in total. The van der Waals surface area contributed by atoms with Crippen LogP contribution >= 0.6 is 0 Å². The number of ether oxygens (including phenoxy) is 1. The van der Waals surface area contributed by atoms with Crippen LogP contribution in [0.2, 0.25) is 0 Å². The van der Waals surface area contributed by atoms with Gasteiger partial charge in [-0.1, -0.05) is 6.07 Å². The van der Waals surface area contributed by atoms with Gasteiger partial charge in [-0.3, -0.25) is 4.79 Å². The predicted molar refractivity (Wildman–Crippen MR) is 79.8 cm³/mol. The number of nitrogens with two attached hydrogens (primary N) is 1. The van der Waals surface area contributed by atoms with Crippen LogP contribution in [0.4, 0.5) is 0 Å². The molecule has 0 unspecified atom stereocenters. The van der Waals surface area contributed by atoms with E-state index in [-0.39, 0.29) is 12.0 Å². The number of benzene rings is 1. The van der Waals surface area contributed by atoms with Crippen molar-refractivity contribution in [1.29, 1.82) is 0 Å². The summed E-state index contributed by atoms with van der Waals surface area (Å²) in [5.74, 6) is 0.958. The van der Waals surface area contributed by atoms with Gasteiger partial charge in [-0.2, -0.15) is 0 Å². The minimum atomic E-state index is -0.410. The Kier molecular flexibility index (Phi) is 4.65. The maximum Gasteiger partial charge on any atom is 0.239 e. The summed E-state index contributed by atoms with van der Waals surface area (Å²) in [6.45, 7) is 7.38. The Hall–Kier alpha value is -1.55. The van der Waals surface area contributed by atoms with Crippen LogP contribution in [0.5, 0.6) is 5.75 Å². The summed E-state index contributed by atoms with van der Waals surface area (Å²) in [5, 5.41) is 0. The van der Waals surface area contributed by atoms with Crippen molar-refractivity contribution in [2.45, 2.75) is 45.8 Å². The Morgan fingerprint density at radius 1 is 1.30 bits per heavy atom. The fraction of sp³-hybridized carbons (Fsp3) is 0.562. The van der Waals surface area contributed by atoms with Crippen LogP contribution in [0.3, 0.4) is 0 Å². The molecule has 1 aromatic rings. The summed E-state index contributed by atoms with van der Waals surface area (Å²) in [4.78, 5) is 13.6. The lowest BCUT2D eigenvalue weighted by atomic mass is 10.1. The van der Waals surface area contributed by atoms with Gasteiger partial charge in [0.25, 0.3) is 0 Å². The maximum absolute atomic E-state index is 11.8. The van der Waals surface area contributed by atoms with Crippen molar-refractivity contribution in [2.24, 2.45) is 5.73 Å². The molecule has 0 saturated carbocycles. The van der Waals surface area contributed by atoms with Gasteiger partial charge in [0.1, 0.15) is 11.9 Å². The van der Waals surface area contributed by atoms with Crippen molar-refractivity contribution in [1.82, 2.24) is 4.90 Å². The first-order chi connectivity index (χ1) is 9.47. The summed E-state index contributed by atoms with van der Waals surface area (Å²) < 4.78 is 6.01. The van der Waals surface area contributed by atoms with Crippen LogP contribution in [0, 0.1) is 13.8 Å². The van der Waals surface area contributed by atoms with Gasteiger partial charge in [-0.25, -0.2) is 0 Å². The monoisotopic (exact) mass is 276 g/mol. The molecule has 1 fully saturated rings. The number of piperidine rings is 1. The average Bonchev–Trinajstić information content (AvgIpc) is 2.43. The third-order valence-electron chi connectivity index (χ3n) is 3.92. The minimum Gasteiger partial charge on any atom is -0.490 e. The van der Waals surface area contributed by atoms with Gasteiger partial charge in [0, 0.05) is 25.9 Å². The number of carbonyl (C=O) groups is 1. The van der Waals surface area contributed by atoms with E-state index in [1.54, 1.807) is 6.92 Å². The zero-order valence-electron chi connectivity index (χ0n) is 12.6. The van der Waals surface area contributed by atoms with Crippen LogP contribution < -0.4 is 10.5 Å². The first kappa shape index (κ1) is 14.9. The molecule has 1 saturated heterocycles. The van der Waals surface area contributed by atoms with Crippen LogP contribution in [0.15, 0.2) is 18.2 Å². The highest BCUT2D eigenvalue weighted by molar-refractivity contribution is 5.81. The van der Waals surface area contributed by atoms with Crippen LogP contribution in [-0.4, -0.2) is 36.0 Å². The molecule has 4 nitrogen and oxygen atoms in total. The van der Waals surface area contributed by atoms with Crippen molar-refractivity contribution in [3.05, 3.63) is 29.3 Å². The largest absolute Gasteiger partial charge is 0.490 e. The second kappa shape index (κ2) is 6.27. The third kappa shape index (κ3) is 3.51. The van der Waals surface area contributed by atoms with Crippen molar-refractivity contribution < 1.29 is 9.53 Å². The van der Waals surface area contributed by atoms with Crippen molar-refractivity contribution >= 4 is 5.91 Å².